The van der Waals surface area contributed by atoms with E-state index in [2.05, 4.69) is 12.2 Å². The molecule has 0 aliphatic heterocycles. The summed E-state index contributed by atoms with van der Waals surface area (Å²) in [4.78, 5) is 25.9. The number of ether oxygens (including phenoxy) is 3. The van der Waals surface area contributed by atoms with Crippen molar-refractivity contribution >= 4 is 17.7 Å². The first-order valence-corrected chi connectivity index (χ1v) is 12.7. The van der Waals surface area contributed by atoms with Crippen LogP contribution in [0.4, 0.5) is 10.5 Å². The van der Waals surface area contributed by atoms with Crippen molar-refractivity contribution in [1.29, 1.82) is 0 Å². The Labute approximate surface area is 214 Å². The molecule has 0 heterocycles. The number of anilines is 1. The minimum atomic E-state index is -0.976. The fourth-order valence-electron chi connectivity index (χ4n) is 3.60. The molecule has 0 aliphatic rings. The van der Waals surface area contributed by atoms with Crippen LogP contribution in [0.3, 0.4) is 0 Å². The Hall–Kier alpha value is -3.10. The molecule has 0 bridgehead atoms. The van der Waals surface area contributed by atoms with Crippen LogP contribution in [0.25, 0.3) is 0 Å². The molecule has 2 N–H and O–H groups in total. The molecular formula is C28H40N2O6. The normalized spacial score (nSPS) is 11.6. The van der Waals surface area contributed by atoms with Gasteiger partial charge in [-0.1, -0.05) is 44.0 Å². The number of unbranched alkanes of at least 4 members (excludes halogenated alkanes) is 2. The quantitative estimate of drug-likeness (QED) is 0.292. The van der Waals surface area contributed by atoms with Crippen molar-refractivity contribution < 1.29 is 28.9 Å². The van der Waals surface area contributed by atoms with Crippen LogP contribution >= 0.6 is 0 Å². The van der Waals surface area contributed by atoms with Gasteiger partial charge in [-0.05, 0) is 55.7 Å². The topological polar surface area (TPSA) is 97.3 Å². The number of rotatable bonds is 17. The SMILES string of the molecule is CCCCCOCCN(CCOc1ccc(CC(OCC)C(=O)O)cc1)C(=O)Nc1cccc(C)c1. The fraction of sp³-hybridized carbons (Fsp3) is 0.500. The lowest BCUT2D eigenvalue weighted by molar-refractivity contribution is -0.149. The number of carboxylic acid groups (broad SMARTS) is 1. The van der Waals surface area contributed by atoms with Crippen molar-refractivity contribution in [1.82, 2.24) is 4.90 Å². The number of hydrogen-bond donors (Lipinski definition) is 2. The van der Waals surface area contributed by atoms with Crippen LogP contribution in [0, 0.1) is 6.92 Å². The van der Waals surface area contributed by atoms with Crippen molar-refractivity contribution in [2.75, 3.05) is 44.8 Å². The molecule has 2 amide bonds. The molecule has 2 aromatic carbocycles. The van der Waals surface area contributed by atoms with Gasteiger partial charge in [0.05, 0.1) is 13.2 Å². The van der Waals surface area contributed by atoms with Gasteiger partial charge in [0.1, 0.15) is 12.4 Å². The maximum atomic E-state index is 12.9. The van der Waals surface area contributed by atoms with Crippen LogP contribution in [0.1, 0.15) is 44.2 Å². The zero-order chi connectivity index (χ0) is 26.2. The molecule has 0 aromatic heterocycles. The standard InChI is InChI=1S/C28H40N2O6/c1-4-6-7-17-34-18-15-30(28(33)29-24-10-8-9-22(3)20-24)16-19-36-25-13-11-23(12-14-25)21-26(27(31)32)35-5-2/h8-14,20,26H,4-7,15-19,21H2,1-3H3,(H,29,33)(H,31,32). The van der Waals surface area contributed by atoms with E-state index < -0.39 is 12.1 Å². The van der Waals surface area contributed by atoms with Gasteiger partial charge < -0.3 is 29.5 Å². The first-order valence-electron chi connectivity index (χ1n) is 12.7. The Balaban J connectivity index is 1.89. The molecule has 0 saturated heterocycles. The molecule has 1 unspecified atom stereocenters. The highest BCUT2D eigenvalue weighted by atomic mass is 16.5. The molecule has 2 aromatic rings. The van der Waals surface area contributed by atoms with Gasteiger partial charge in [0, 0.05) is 31.9 Å². The summed E-state index contributed by atoms with van der Waals surface area (Å²) in [6.07, 6.45) is 2.70. The molecule has 1 atom stereocenters. The number of aryl methyl sites for hydroxylation is 1. The second-order valence-corrected chi connectivity index (χ2v) is 8.58. The predicted molar refractivity (Wildman–Crippen MR) is 141 cm³/mol. The third-order valence-corrected chi connectivity index (χ3v) is 5.57. The first-order chi connectivity index (χ1) is 17.4. The van der Waals surface area contributed by atoms with Crippen molar-refractivity contribution in [3.8, 4) is 5.75 Å². The maximum Gasteiger partial charge on any atom is 0.333 e. The van der Waals surface area contributed by atoms with Crippen molar-refractivity contribution in [2.24, 2.45) is 0 Å². The monoisotopic (exact) mass is 500 g/mol. The summed E-state index contributed by atoms with van der Waals surface area (Å²) in [5, 5.41) is 12.2. The van der Waals surface area contributed by atoms with Crippen LogP contribution < -0.4 is 10.1 Å². The van der Waals surface area contributed by atoms with E-state index in [0.717, 1.165) is 36.1 Å². The van der Waals surface area contributed by atoms with Gasteiger partial charge in [0.25, 0.3) is 0 Å². The molecule has 36 heavy (non-hydrogen) atoms. The first kappa shape index (κ1) is 29.1. The number of nitrogens with zero attached hydrogens (tertiary/aromatic N) is 1. The van der Waals surface area contributed by atoms with E-state index in [0.29, 0.717) is 45.3 Å². The van der Waals surface area contributed by atoms with Gasteiger partial charge in [-0.15, -0.1) is 0 Å². The Morgan fingerprint density at radius 1 is 1.00 bits per heavy atom. The number of carbonyl (C=O) groups excluding carboxylic acids is 1. The zero-order valence-corrected chi connectivity index (χ0v) is 21.7. The van der Waals surface area contributed by atoms with E-state index in [1.165, 1.54) is 0 Å². The Morgan fingerprint density at radius 2 is 1.75 bits per heavy atom. The van der Waals surface area contributed by atoms with Crippen molar-refractivity contribution in [3.63, 3.8) is 0 Å². The summed E-state index contributed by atoms with van der Waals surface area (Å²) in [5.74, 6) is -0.326. The third-order valence-electron chi connectivity index (χ3n) is 5.57. The highest BCUT2D eigenvalue weighted by molar-refractivity contribution is 5.89. The van der Waals surface area contributed by atoms with Gasteiger partial charge in [0.2, 0.25) is 0 Å². The maximum absolute atomic E-state index is 12.9. The van der Waals surface area contributed by atoms with E-state index in [4.69, 9.17) is 14.2 Å². The molecule has 198 valence electrons. The van der Waals surface area contributed by atoms with Crippen LogP contribution in [0.15, 0.2) is 48.5 Å². The lowest BCUT2D eigenvalue weighted by atomic mass is 10.1. The molecule has 0 saturated carbocycles. The largest absolute Gasteiger partial charge is 0.492 e. The highest BCUT2D eigenvalue weighted by Gasteiger charge is 2.18. The average molecular weight is 501 g/mol. The third kappa shape index (κ3) is 11.1. The summed E-state index contributed by atoms with van der Waals surface area (Å²) in [7, 11) is 0. The van der Waals surface area contributed by atoms with E-state index in [9.17, 15) is 14.7 Å². The summed E-state index contributed by atoms with van der Waals surface area (Å²) in [6.45, 7) is 8.57. The molecule has 8 heteroatoms. The second-order valence-electron chi connectivity index (χ2n) is 8.58. The fourth-order valence-corrected chi connectivity index (χ4v) is 3.60. The highest BCUT2D eigenvalue weighted by Crippen LogP contribution is 2.15. The van der Waals surface area contributed by atoms with Crippen LogP contribution in [-0.4, -0.2) is 67.6 Å². The summed E-state index contributed by atoms with van der Waals surface area (Å²) >= 11 is 0. The molecule has 0 spiro atoms. The summed E-state index contributed by atoms with van der Waals surface area (Å²) in [6, 6.07) is 14.7. The van der Waals surface area contributed by atoms with Gasteiger partial charge in [-0.3, -0.25) is 0 Å². The van der Waals surface area contributed by atoms with Crippen LogP contribution in [0.2, 0.25) is 0 Å². The zero-order valence-electron chi connectivity index (χ0n) is 21.7. The molecule has 8 nitrogen and oxygen atoms in total. The Morgan fingerprint density at radius 3 is 2.42 bits per heavy atom. The number of hydrogen-bond acceptors (Lipinski definition) is 5. The molecule has 0 fully saturated rings. The minimum absolute atomic E-state index is 0.202. The molecule has 0 radical (unpaired) electrons. The Kier molecular flexibility index (Phi) is 13.4. The van der Waals surface area contributed by atoms with E-state index in [-0.39, 0.29) is 12.5 Å². The van der Waals surface area contributed by atoms with Crippen LogP contribution in [-0.2, 0) is 20.7 Å². The molecular weight excluding hydrogens is 460 g/mol. The average Bonchev–Trinajstić information content (AvgIpc) is 2.85. The smallest absolute Gasteiger partial charge is 0.333 e. The van der Waals surface area contributed by atoms with E-state index in [1.54, 1.807) is 24.0 Å². The number of nitrogens with one attached hydrogen (secondary N) is 1. The summed E-state index contributed by atoms with van der Waals surface area (Å²) < 4.78 is 16.9. The summed E-state index contributed by atoms with van der Waals surface area (Å²) in [5.41, 5.74) is 2.67. The second kappa shape index (κ2) is 16.5. The number of aliphatic carboxylic acids is 1. The van der Waals surface area contributed by atoms with E-state index in [1.807, 2.05) is 43.3 Å². The number of carbonyl (C=O) groups is 2. The number of amides is 2. The number of carboxylic acids is 1. The predicted octanol–water partition coefficient (Wildman–Crippen LogP) is 5.15. The van der Waals surface area contributed by atoms with Gasteiger partial charge in [-0.25, -0.2) is 9.59 Å². The van der Waals surface area contributed by atoms with Crippen LogP contribution in [0.5, 0.6) is 5.75 Å². The van der Waals surface area contributed by atoms with Crippen molar-refractivity contribution in [3.05, 3.63) is 59.7 Å². The lowest BCUT2D eigenvalue weighted by Crippen LogP contribution is -2.40. The number of benzene rings is 2. The lowest BCUT2D eigenvalue weighted by Gasteiger charge is -2.23. The molecule has 2 rings (SSSR count). The Bertz CT molecular complexity index is 919. The minimum Gasteiger partial charge on any atom is -0.492 e. The van der Waals surface area contributed by atoms with Gasteiger partial charge >= 0.3 is 12.0 Å². The van der Waals surface area contributed by atoms with Gasteiger partial charge in [-0.2, -0.15) is 0 Å². The van der Waals surface area contributed by atoms with Gasteiger partial charge in [0.15, 0.2) is 6.10 Å². The van der Waals surface area contributed by atoms with Crippen molar-refractivity contribution in [2.45, 2.75) is 52.6 Å². The number of urea groups is 1. The van der Waals surface area contributed by atoms with E-state index >= 15 is 0 Å². The molecule has 0 aliphatic carbocycles.